The Morgan fingerprint density at radius 2 is 1.88 bits per heavy atom. The van der Waals surface area contributed by atoms with E-state index in [0.29, 0.717) is 0 Å². The molecule has 1 heterocycles. The van der Waals surface area contributed by atoms with Crippen LogP contribution in [0.5, 0.6) is 0 Å². The number of anilines is 1. The molecule has 1 amide bonds. The highest BCUT2D eigenvalue weighted by Crippen LogP contribution is 2.28. The molecular formula is C15H11F2N3O3S. The van der Waals surface area contributed by atoms with Crippen LogP contribution < -0.4 is 10.0 Å². The molecule has 0 aliphatic carbocycles. The van der Waals surface area contributed by atoms with Gasteiger partial charge in [0.25, 0.3) is 15.9 Å². The number of nitrogens with one attached hydrogen (secondary N) is 2. The van der Waals surface area contributed by atoms with Crippen LogP contribution in [0.3, 0.4) is 0 Å². The van der Waals surface area contributed by atoms with Gasteiger partial charge in [0.2, 0.25) is 0 Å². The number of hydrogen-bond acceptors (Lipinski definition) is 4. The van der Waals surface area contributed by atoms with E-state index in [1.165, 1.54) is 31.2 Å². The molecule has 24 heavy (non-hydrogen) atoms. The highest BCUT2D eigenvalue weighted by molar-refractivity contribution is 7.90. The topological polar surface area (TPSA) is 87.6 Å². The molecule has 1 aliphatic heterocycles. The van der Waals surface area contributed by atoms with Crippen molar-refractivity contribution in [3.63, 3.8) is 0 Å². The first-order valence-electron chi connectivity index (χ1n) is 6.75. The van der Waals surface area contributed by atoms with Crippen molar-refractivity contribution in [1.82, 2.24) is 4.72 Å². The Bertz CT molecular complexity index is 987. The Kier molecular flexibility index (Phi) is 3.80. The molecule has 0 unspecified atom stereocenters. The Morgan fingerprint density at radius 1 is 1.12 bits per heavy atom. The first-order valence-corrected chi connectivity index (χ1v) is 8.23. The minimum atomic E-state index is -3.80. The zero-order valence-electron chi connectivity index (χ0n) is 12.3. The van der Waals surface area contributed by atoms with Crippen molar-refractivity contribution in [3.8, 4) is 0 Å². The SMILES string of the molecule is CC1=Nc2ccc(C(=O)Nc3ccc(F)c(F)c3)cc2S(=O)(=O)N1. The maximum Gasteiger partial charge on any atom is 0.264 e. The number of rotatable bonds is 2. The summed E-state index contributed by atoms with van der Waals surface area (Å²) >= 11 is 0. The van der Waals surface area contributed by atoms with Crippen LogP contribution in [-0.4, -0.2) is 20.2 Å². The van der Waals surface area contributed by atoms with E-state index in [1.54, 1.807) is 0 Å². The largest absolute Gasteiger partial charge is 0.322 e. The number of carbonyl (C=O) groups excluding carboxylic acids is 1. The van der Waals surface area contributed by atoms with Crippen LogP contribution in [0.25, 0.3) is 0 Å². The molecule has 0 atom stereocenters. The second-order valence-electron chi connectivity index (χ2n) is 5.07. The monoisotopic (exact) mass is 351 g/mol. The lowest BCUT2D eigenvalue weighted by molar-refractivity contribution is 0.102. The van der Waals surface area contributed by atoms with Crippen LogP contribution >= 0.6 is 0 Å². The molecule has 0 fully saturated rings. The number of amides is 1. The third-order valence-corrected chi connectivity index (χ3v) is 4.73. The van der Waals surface area contributed by atoms with Gasteiger partial charge >= 0.3 is 0 Å². The van der Waals surface area contributed by atoms with Crippen molar-refractivity contribution in [1.29, 1.82) is 0 Å². The van der Waals surface area contributed by atoms with Gasteiger partial charge in [0.15, 0.2) is 11.6 Å². The summed E-state index contributed by atoms with van der Waals surface area (Å²) in [6.07, 6.45) is 0. The number of nitrogens with zero attached hydrogens (tertiary/aromatic N) is 1. The molecule has 0 saturated carbocycles. The highest BCUT2D eigenvalue weighted by Gasteiger charge is 2.25. The Hall–Kier alpha value is -2.81. The van der Waals surface area contributed by atoms with Gasteiger partial charge in [0.05, 0.1) is 5.69 Å². The van der Waals surface area contributed by atoms with Gasteiger partial charge in [-0.1, -0.05) is 0 Å². The summed E-state index contributed by atoms with van der Waals surface area (Å²) in [6, 6.07) is 6.87. The number of sulfonamides is 1. The maximum absolute atomic E-state index is 13.2. The van der Waals surface area contributed by atoms with E-state index in [9.17, 15) is 22.0 Å². The molecular weight excluding hydrogens is 340 g/mol. The standard InChI is InChI=1S/C15H11F2N3O3S/c1-8-18-13-5-2-9(6-14(13)24(22,23)20-8)15(21)19-10-3-4-11(16)12(17)7-10/h2-7H,1H3,(H,18,20)(H,19,21). The molecule has 1 aliphatic rings. The molecule has 0 spiro atoms. The molecule has 2 aromatic carbocycles. The Labute approximate surface area is 136 Å². The molecule has 0 saturated heterocycles. The summed E-state index contributed by atoms with van der Waals surface area (Å²) in [5, 5.41) is 2.37. The summed E-state index contributed by atoms with van der Waals surface area (Å²) in [5.74, 6) is -2.58. The summed E-state index contributed by atoms with van der Waals surface area (Å²) in [7, 11) is -3.80. The minimum Gasteiger partial charge on any atom is -0.322 e. The van der Waals surface area contributed by atoms with Crippen LogP contribution in [0, 0.1) is 11.6 Å². The zero-order chi connectivity index (χ0) is 17.5. The van der Waals surface area contributed by atoms with E-state index in [2.05, 4.69) is 15.0 Å². The third kappa shape index (κ3) is 2.98. The molecule has 0 bridgehead atoms. The minimum absolute atomic E-state index is 0.0404. The Balaban J connectivity index is 1.93. The summed E-state index contributed by atoms with van der Waals surface area (Å²) in [4.78, 5) is 16.1. The first-order chi connectivity index (χ1) is 11.3. The lowest BCUT2D eigenvalue weighted by Crippen LogP contribution is -2.31. The van der Waals surface area contributed by atoms with Gasteiger partial charge in [0, 0.05) is 17.3 Å². The number of hydrogen-bond donors (Lipinski definition) is 2. The number of fused-ring (bicyclic) bond motifs is 1. The highest BCUT2D eigenvalue weighted by atomic mass is 32.2. The van der Waals surface area contributed by atoms with Crippen molar-refractivity contribution in [3.05, 3.63) is 53.6 Å². The van der Waals surface area contributed by atoms with Crippen molar-refractivity contribution in [2.75, 3.05) is 5.32 Å². The van der Waals surface area contributed by atoms with Gasteiger partial charge in [-0.15, -0.1) is 0 Å². The zero-order valence-corrected chi connectivity index (χ0v) is 13.1. The van der Waals surface area contributed by atoms with E-state index in [1.807, 2.05) is 0 Å². The van der Waals surface area contributed by atoms with Crippen molar-refractivity contribution in [2.45, 2.75) is 11.8 Å². The van der Waals surface area contributed by atoms with E-state index in [-0.39, 0.29) is 27.7 Å². The van der Waals surface area contributed by atoms with Crippen LogP contribution in [0.1, 0.15) is 17.3 Å². The molecule has 0 radical (unpaired) electrons. The number of halogens is 2. The van der Waals surface area contributed by atoms with Gasteiger partial charge in [-0.25, -0.2) is 22.2 Å². The molecule has 3 rings (SSSR count). The van der Waals surface area contributed by atoms with Crippen molar-refractivity contribution in [2.24, 2.45) is 4.99 Å². The van der Waals surface area contributed by atoms with Gasteiger partial charge in [0.1, 0.15) is 10.7 Å². The normalized spacial score (nSPS) is 15.0. The molecule has 124 valence electrons. The fourth-order valence-corrected chi connectivity index (χ4v) is 3.41. The predicted octanol–water partition coefficient (Wildman–Crippen LogP) is 2.56. The number of amidine groups is 1. The summed E-state index contributed by atoms with van der Waals surface area (Å²) < 4.78 is 52.5. The molecule has 9 heteroatoms. The lowest BCUT2D eigenvalue weighted by atomic mass is 10.2. The van der Waals surface area contributed by atoms with Crippen LogP contribution in [0.15, 0.2) is 46.3 Å². The summed E-state index contributed by atoms with van der Waals surface area (Å²) in [6.45, 7) is 1.50. The van der Waals surface area contributed by atoms with Crippen molar-refractivity contribution >= 4 is 33.1 Å². The predicted molar refractivity (Wildman–Crippen MR) is 83.8 cm³/mol. The van der Waals surface area contributed by atoms with Gasteiger partial charge in [-0.05, 0) is 37.3 Å². The average Bonchev–Trinajstić information content (AvgIpc) is 2.49. The maximum atomic E-state index is 13.2. The lowest BCUT2D eigenvalue weighted by Gasteiger charge is -2.16. The molecule has 2 aromatic rings. The van der Waals surface area contributed by atoms with Crippen LogP contribution in [-0.2, 0) is 10.0 Å². The van der Waals surface area contributed by atoms with E-state index in [0.717, 1.165) is 12.1 Å². The first kappa shape index (κ1) is 16.1. The summed E-state index contributed by atoms with van der Waals surface area (Å²) in [5.41, 5.74) is 0.306. The molecule has 2 N–H and O–H groups in total. The third-order valence-electron chi connectivity index (χ3n) is 3.26. The fraction of sp³-hybridized carbons (Fsp3) is 0.0667. The van der Waals surface area contributed by atoms with Gasteiger partial charge in [-0.2, -0.15) is 0 Å². The van der Waals surface area contributed by atoms with Crippen molar-refractivity contribution < 1.29 is 22.0 Å². The van der Waals surface area contributed by atoms with E-state index in [4.69, 9.17) is 0 Å². The van der Waals surface area contributed by atoms with Crippen LogP contribution in [0.4, 0.5) is 20.2 Å². The molecule has 0 aromatic heterocycles. The second kappa shape index (κ2) is 5.68. The number of benzene rings is 2. The van der Waals surface area contributed by atoms with Gasteiger partial charge < -0.3 is 5.32 Å². The number of carbonyl (C=O) groups is 1. The average molecular weight is 351 g/mol. The second-order valence-corrected chi connectivity index (χ2v) is 6.72. The molecule has 6 nitrogen and oxygen atoms in total. The van der Waals surface area contributed by atoms with E-state index < -0.39 is 27.6 Å². The quantitative estimate of drug-likeness (QED) is 0.872. The fourth-order valence-electron chi connectivity index (χ4n) is 2.19. The van der Waals surface area contributed by atoms with Crippen LogP contribution in [0.2, 0.25) is 0 Å². The number of aliphatic imine (C=N–C) groups is 1. The van der Waals surface area contributed by atoms with E-state index >= 15 is 0 Å². The van der Waals surface area contributed by atoms with Gasteiger partial charge in [-0.3, -0.25) is 9.52 Å². The Morgan fingerprint density at radius 3 is 2.58 bits per heavy atom. The smallest absolute Gasteiger partial charge is 0.264 e.